The molecule has 0 radical (unpaired) electrons. The van der Waals surface area contributed by atoms with E-state index >= 15 is 0 Å². The number of hydrogen-bond donors (Lipinski definition) is 2. The van der Waals surface area contributed by atoms with E-state index in [2.05, 4.69) is 20.7 Å². The van der Waals surface area contributed by atoms with Gasteiger partial charge in [0.1, 0.15) is 9.77 Å². The van der Waals surface area contributed by atoms with Crippen LogP contribution in [0.25, 0.3) is 0 Å². The molecule has 0 atom stereocenters. The molecule has 0 saturated carbocycles. The maximum absolute atomic E-state index is 11.9. The average molecular weight is 342 g/mol. The van der Waals surface area contributed by atoms with Crippen molar-refractivity contribution in [3.63, 3.8) is 0 Å². The molecule has 0 fully saturated rings. The van der Waals surface area contributed by atoms with Gasteiger partial charge in [0, 0.05) is 6.54 Å². The van der Waals surface area contributed by atoms with Crippen molar-refractivity contribution in [2.75, 3.05) is 6.54 Å². The van der Waals surface area contributed by atoms with Crippen LogP contribution < -0.4 is 4.72 Å². The van der Waals surface area contributed by atoms with Crippen LogP contribution in [0.1, 0.15) is 23.5 Å². The van der Waals surface area contributed by atoms with Crippen LogP contribution in [0.15, 0.2) is 14.7 Å². The summed E-state index contributed by atoms with van der Waals surface area (Å²) >= 11 is 3.95. The van der Waals surface area contributed by atoms with Crippen LogP contribution in [-0.2, 0) is 10.0 Å². The molecule has 17 heavy (non-hydrogen) atoms. The number of carboxylic acids is 1. The first-order chi connectivity index (χ1) is 7.74. The molecule has 1 aromatic rings. The van der Waals surface area contributed by atoms with Gasteiger partial charge in [0.05, 0.1) is 3.79 Å². The van der Waals surface area contributed by atoms with Crippen LogP contribution in [0, 0.1) is 5.92 Å². The van der Waals surface area contributed by atoms with E-state index in [9.17, 15) is 13.2 Å². The molecule has 8 heteroatoms. The van der Waals surface area contributed by atoms with E-state index in [0.29, 0.717) is 10.3 Å². The number of sulfonamides is 1. The molecular formula is C9H12BrNO4S2. The number of nitrogens with one attached hydrogen (secondary N) is 1. The molecule has 0 unspecified atom stereocenters. The van der Waals surface area contributed by atoms with Crippen LogP contribution in [0.4, 0.5) is 0 Å². The van der Waals surface area contributed by atoms with Gasteiger partial charge >= 0.3 is 5.97 Å². The summed E-state index contributed by atoms with van der Waals surface area (Å²) in [6, 6.07) is 1.15. The van der Waals surface area contributed by atoms with Crippen molar-refractivity contribution in [1.82, 2.24) is 4.72 Å². The van der Waals surface area contributed by atoms with E-state index in [1.807, 2.05) is 13.8 Å². The van der Waals surface area contributed by atoms with Crippen LogP contribution in [0.2, 0.25) is 0 Å². The first-order valence-corrected chi connectivity index (χ1v) is 7.85. The van der Waals surface area contributed by atoms with Crippen LogP contribution in [0.5, 0.6) is 0 Å². The molecule has 0 spiro atoms. The predicted octanol–water partition coefficient (Wildman–Crippen LogP) is 2.14. The Morgan fingerprint density at radius 2 is 2.18 bits per heavy atom. The summed E-state index contributed by atoms with van der Waals surface area (Å²) < 4.78 is 26.5. The van der Waals surface area contributed by atoms with Gasteiger partial charge in [0.25, 0.3) is 0 Å². The summed E-state index contributed by atoms with van der Waals surface area (Å²) in [5, 5.41) is 8.78. The van der Waals surface area contributed by atoms with Gasteiger partial charge in [-0.3, -0.25) is 0 Å². The first-order valence-electron chi connectivity index (χ1n) is 4.76. The van der Waals surface area contributed by atoms with Gasteiger partial charge < -0.3 is 5.11 Å². The number of rotatable bonds is 5. The maximum atomic E-state index is 11.9. The largest absolute Gasteiger partial charge is 0.477 e. The van der Waals surface area contributed by atoms with Crippen molar-refractivity contribution in [3.8, 4) is 0 Å². The summed E-state index contributed by atoms with van der Waals surface area (Å²) in [6.45, 7) is 4.08. The third kappa shape index (κ3) is 3.77. The molecule has 0 bridgehead atoms. The lowest BCUT2D eigenvalue weighted by molar-refractivity contribution is 0.0702. The van der Waals surface area contributed by atoms with Gasteiger partial charge in [-0.2, -0.15) is 0 Å². The molecule has 1 rings (SSSR count). The van der Waals surface area contributed by atoms with Crippen LogP contribution >= 0.6 is 27.3 Å². The van der Waals surface area contributed by atoms with Crippen molar-refractivity contribution < 1.29 is 18.3 Å². The molecule has 0 aliphatic heterocycles. The highest BCUT2D eigenvalue weighted by Crippen LogP contribution is 2.31. The first kappa shape index (κ1) is 14.6. The normalized spacial score (nSPS) is 12.0. The van der Waals surface area contributed by atoms with E-state index in [-0.39, 0.29) is 15.7 Å². The molecule has 0 aliphatic rings. The Balaban J connectivity index is 3.03. The summed E-state index contributed by atoms with van der Waals surface area (Å²) in [5.41, 5.74) is 0. The highest BCUT2D eigenvalue weighted by Gasteiger charge is 2.22. The lowest BCUT2D eigenvalue weighted by atomic mass is 10.2. The minimum Gasteiger partial charge on any atom is -0.477 e. The van der Waals surface area contributed by atoms with Crippen molar-refractivity contribution in [1.29, 1.82) is 0 Å². The molecule has 0 aromatic carbocycles. The second-order valence-corrected chi connectivity index (χ2v) is 7.90. The van der Waals surface area contributed by atoms with Crippen LogP contribution in [0.3, 0.4) is 0 Å². The Morgan fingerprint density at radius 3 is 2.59 bits per heavy atom. The van der Waals surface area contributed by atoms with Gasteiger partial charge in [-0.25, -0.2) is 17.9 Å². The molecule has 5 nitrogen and oxygen atoms in total. The molecule has 0 saturated heterocycles. The van der Waals surface area contributed by atoms with E-state index in [1.165, 1.54) is 0 Å². The number of hydrogen-bond acceptors (Lipinski definition) is 4. The SMILES string of the molecule is CC(C)CNS(=O)(=O)c1cc(C(=O)O)sc1Br. The monoisotopic (exact) mass is 341 g/mol. The van der Waals surface area contributed by atoms with E-state index in [4.69, 9.17) is 5.11 Å². The summed E-state index contributed by atoms with van der Waals surface area (Å²) in [7, 11) is -3.65. The Morgan fingerprint density at radius 1 is 1.59 bits per heavy atom. The van der Waals surface area contributed by atoms with Gasteiger partial charge in [0.15, 0.2) is 0 Å². The number of thiophene rings is 1. The lowest BCUT2D eigenvalue weighted by Crippen LogP contribution is -2.27. The molecule has 1 heterocycles. The fourth-order valence-electron chi connectivity index (χ4n) is 0.995. The minimum atomic E-state index is -3.65. The molecule has 1 aromatic heterocycles. The zero-order valence-corrected chi connectivity index (χ0v) is 12.4. The molecule has 96 valence electrons. The van der Waals surface area contributed by atoms with Gasteiger partial charge in [-0.15, -0.1) is 11.3 Å². The van der Waals surface area contributed by atoms with Gasteiger partial charge in [-0.1, -0.05) is 13.8 Å². The molecule has 0 aliphatic carbocycles. The third-order valence-electron chi connectivity index (χ3n) is 1.84. The fraction of sp³-hybridized carbons (Fsp3) is 0.444. The van der Waals surface area contributed by atoms with Gasteiger partial charge in [0.2, 0.25) is 10.0 Å². The number of halogens is 1. The minimum absolute atomic E-state index is 0.0122. The van der Waals surface area contributed by atoms with E-state index < -0.39 is 16.0 Å². The van der Waals surface area contributed by atoms with Crippen molar-refractivity contribution >= 4 is 43.3 Å². The highest BCUT2D eigenvalue weighted by atomic mass is 79.9. The van der Waals surface area contributed by atoms with E-state index in [1.54, 1.807) is 0 Å². The van der Waals surface area contributed by atoms with Crippen LogP contribution in [-0.4, -0.2) is 26.0 Å². The molecule has 0 amide bonds. The van der Waals surface area contributed by atoms with E-state index in [0.717, 1.165) is 17.4 Å². The smallest absolute Gasteiger partial charge is 0.345 e. The Kier molecular flexibility index (Phi) is 4.70. The molecular weight excluding hydrogens is 330 g/mol. The number of aromatic carboxylic acids is 1. The standard InChI is InChI=1S/C9H12BrNO4S2/c1-5(2)4-11-17(14,15)7-3-6(9(12)13)16-8(7)10/h3,5,11H,4H2,1-2H3,(H,12,13). The number of carbonyl (C=O) groups is 1. The summed E-state index contributed by atoms with van der Waals surface area (Å²) in [5.74, 6) is -0.956. The summed E-state index contributed by atoms with van der Waals surface area (Å²) in [4.78, 5) is 10.7. The average Bonchev–Trinajstić information content (AvgIpc) is 2.58. The topological polar surface area (TPSA) is 83.5 Å². The second kappa shape index (κ2) is 5.47. The Bertz CT molecular complexity index is 521. The fourth-order valence-corrected chi connectivity index (χ4v) is 4.61. The highest BCUT2D eigenvalue weighted by molar-refractivity contribution is 9.11. The van der Waals surface area contributed by atoms with Gasteiger partial charge in [-0.05, 0) is 27.9 Å². The predicted molar refractivity (Wildman–Crippen MR) is 69.0 cm³/mol. The second-order valence-electron chi connectivity index (χ2n) is 3.80. The zero-order valence-electron chi connectivity index (χ0n) is 9.23. The molecule has 2 N–H and O–H groups in total. The Labute approximate surface area is 112 Å². The Hall–Kier alpha value is -0.440. The zero-order chi connectivity index (χ0) is 13.2. The number of carboxylic acid groups (broad SMARTS) is 1. The lowest BCUT2D eigenvalue weighted by Gasteiger charge is -2.07. The van der Waals surface area contributed by atoms with Crippen molar-refractivity contribution in [2.24, 2.45) is 5.92 Å². The van der Waals surface area contributed by atoms with Crippen molar-refractivity contribution in [3.05, 3.63) is 14.7 Å². The quantitative estimate of drug-likeness (QED) is 0.859. The maximum Gasteiger partial charge on any atom is 0.345 e. The third-order valence-corrected chi connectivity index (χ3v) is 5.50. The summed E-state index contributed by atoms with van der Waals surface area (Å²) in [6.07, 6.45) is 0. The van der Waals surface area contributed by atoms with Crippen molar-refractivity contribution in [2.45, 2.75) is 18.7 Å².